The summed E-state index contributed by atoms with van der Waals surface area (Å²) in [6.07, 6.45) is 0.271. The van der Waals surface area contributed by atoms with E-state index in [1.54, 1.807) is 16.5 Å². The molecule has 1 aliphatic rings. The summed E-state index contributed by atoms with van der Waals surface area (Å²) in [5.74, 6) is -0.218. The minimum Gasteiger partial charge on any atom is -0.463 e. The average Bonchev–Trinajstić information content (AvgIpc) is 2.73. The lowest BCUT2D eigenvalue weighted by Crippen LogP contribution is -2.40. The highest BCUT2D eigenvalue weighted by molar-refractivity contribution is 5.85. The maximum atomic E-state index is 12.1. The van der Waals surface area contributed by atoms with Crippen LogP contribution in [0.25, 0.3) is 0 Å². The molecule has 116 valence electrons. The van der Waals surface area contributed by atoms with Gasteiger partial charge < -0.3 is 18.9 Å². The molecule has 0 atom stereocenters. The van der Waals surface area contributed by atoms with E-state index in [1.807, 2.05) is 20.8 Å². The second kappa shape index (κ2) is 5.38. The lowest BCUT2D eigenvalue weighted by molar-refractivity contribution is 0.0220. The molecule has 2 heterocycles. The van der Waals surface area contributed by atoms with Crippen LogP contribution in [0.1, 0.15) is 42.8 Å². The van der Waals surface area contributed by atoms with Gasteiger partial charge in [-0.05, 0) is 20.8 Å². The molecule has 1 amide bonds. The second-order valence-corrected chi connectivity index (χ2v) is 6.03. The monoisotopic (exact) mass is 295 g/mol. The summed E-state index contributed by atoms with van der Waals surface area (Å²) in [5.41, 5.74) is 1.14. The predicted molar refractivity (Wildman–Crippen MR) is 74.9 cm³/mol. The van der Waals surface area contributed by atoms with E-state index in [1.165, 1.54) is 7.11 Å². The maximum absolute atomic E-state index is 12.1. The molecule has 0 fully saturated rings. The van der Waals surface area contributed by atoms with Crippen LogP contribution in [0.5, 0.6) is 0 Å². The van der Waals surface area contributed by atoms with Crippen LogP contribution in [-0.4, -0.2) is 45.8 Å². The first-order valence-electron chi connectivity index (χ1n) is 6.83. The van der Waals surface area contributed by atoms with Crippen molar-refractivity contribution in [3.63, 3.8) is 0 Å². The highest BCUT2D eigenvalue weighted by atomic mass is 16.6. The van der Waals surface area contributed by atoms with Gasteiger partial charge in [0.05, 0.1) is 19.3 Å². The number of methoxy groups -OCH3 is 1. The average molecular weight is 295 g/mol. The molecule has 7 heteroatoms. The van der Waals surface area contributed by atoms with E-state index in [4.69, 9.17) is 9.47 Å². The number of rotatable bonds is 1. The van der Waals surface area contributed by atoms with Crippen LogP contribution in [0.4, 0.5) is 4.79 Å². The standard InChI is InChI=1S/C14H21N3O4/c1-14(2,3)21-13(19)17-7-6-10-9(8-17)15-11(16(10)4)12(18)20-5/h6-8H2,1-5H3. The molecule has 0 radical (unpaired) electrons. The van der Waals surface area contributed by atoms with E-state index >= 15 is 0 Å². The van der Waals surface area contributed by atoms with Gasteiger partial charge in [-0.25, -0.2) is 14.6 Å². The van der Waals surface area contributed by atoms with Crippen molar-refractivity contribution < 1.29 is 19.1 Å². The molecule has 0 N–H and O–H groups in total. The topological polar surface area (TPSA) is 73.7 Å². The van der Waals surface area contributed by atoms with Gasteiger partial charge in [0.1, 0.15) is 5.60 Å². The van der Waals surface area contributed by atoms with E-state index in [9.17, 15) is 9.59 Å². The molecular weight excluding hydrogens is 274 g/mol. The minimum atomic E-state index is -0.529. The van der Waals surface area contributed by atoms with Crippen molar-refractivity contribution in [1.29, 1.82) is 0 Å². The van der Waals surface area contributed by atoms with Gasteiger partial charge in [-0.1, -0.05) is 0 Å². The Kier molecular flexibility index (Phi) is 3.93. The Morgan fingerprint density at radius 3 is 2.52 bits per heavy atom. The molecule has 0 aliphatic carbocycles. The molecule has 0 unspecified atom stereocenters. The Hall–Kier alpha value is -2.05. The van der Waals surface area contributed by atoms with Crippen molar-refractivity contribution in [1.82, 2.24) is 14.5 Å². The van der Waals surface area contributed by atoms with Crippen molar-refractivity contribution in [2.45, 2.75) is 39.3 Å². The zero-order chi connectivity index (χ0) is 15.8. The fraction of sp³-hybridized carbons (Fsp3) is 0.643. The van der Waals surface area contributed by atoms with E-state index in [0.29, 0.717) is 19.5 Å². The van der Waals surface area contributed by atoms with E-state index in [0.717, 1.165) is 11.4 Å². The van der Waals surface area contributed by atoms with Gasteiger partial charge in [0.15, 0.2) is 0 Å². The number of nitrogens with zero attached hydrogens (tertiary/aromatic N) is 3. The van der Waals surface area contributed by atoms with Crippen LogP contribution in [0.2, 0.25) is 0 Å². The quantitative estimate of drug-likeness (QED) is 0.734. The van der Waals surface area contributed by atoms with Gasteiger partial charge in [0, 0.05) is 25.7 Å². The molecule has 1 aliphatic heterocycles. The molecule has 0 spiro atoms. The Morgan fingerprint density at radius 2 is 1.95 bits per heavy atom. The van der Waals surface area contributed by atoms with Crippen LogP contribution in [0, 0.1) is 0 Å². The maximum Gasteiger partial charge on any atom is 0.410 e. The van der Waals surface area contributed by atoms with Crippen molar-refractivity contribution in [2.75, 3.05) is 13.7 Å². The third-order valence-electron chi connectivity index (χ3n) is 3.28. The summed E-state index contributed by atoms with van der Waals surface area (Å²) >= 11 is 0. The van der Waals surface area contributed by atoms with Gasteiger partial charge >= 0.3 is 12.1 Å². The smallest absolute Gasteiger partial charge is 0.410 e. The van der Waals surface area contributed by atoms with Crippen LogP contribution in [0.3, 0.4) is 0 Å². The summed E-state index contributed by atoms with van der Waals surface area (Å²) in [7, 11) is 3.10. The molecule has 7 nitrogen and oxygen atoms in total. The molecule has 2 rings (SSSR count). The van der Waals surface area contributed by atoms with Gasteiger partial charge in [0.2, 0.25) is 5.82 Å². The molecule has 0 saturated heterocycles. The third kappa shape index (κ3) is 3.17. The molecule has 1 aromatic heterocycles. The lowest BCUT2D eigenvalue weighted by atomic mass is 10.1. The molecule has 1 aromatic rings. The Labute approximate surface area is 123 Å². The first-order valence-corrected chi connectivity index (χ1v) is 6.83. The van der Waals surface area contributed by atoms with Gasteiger partial charge in [-0.15, -0.1) is 0 Å². The normalized spacial score (nSPS) is 14.6. The Morgan fingerprint density at radius 1 is 1.29 bits per heavy atom. The first kappa shape index (κ1) is 15.3. The lowest BCUT2D eigenvalue weighted by Gasteiger charge is -2.29. The predicted octanol–water partition coefficient (Wildman–Crippen LogP) is 1.50. The van der Waals surface area contributed by atoms with Crippen molar-refractivity contribution in [3.8, 4) is 0 Å². The highest BCUT2D eigenvalue weighted by Gasteiger charge is 2.30. The minimum absolute atomic E-state index is 0.258. The summed E-state index contributed by atoms with van der Waals surface area (Å²) in [6.45, 7) is 6.38. The number of esters is 1. The zero-order valence-corrected chi connectivity index (χ0v) is 13.1. The fourth-order valence-electron chi connectivity index (χ4n) is 2.28. The van der Waals surface area contributed by atoms with Gasteiger partial charge in [0.25, 0.3) is 0 Å². The van der Waals surface area contributed by atoms with Crippen molar-refractivity contribution in [2.24, 2.45) is 7.05 Å². The summed E-state index contributed by atoms with van der Waals surface area (Å²) in [4.78, 5) is 29.6. The van der Waals surface area contributed by atoms with Crippen LogP contribution < -0.4 is 0 Å². The van der Waals surface area contributed by atoms with Crippen LogP contribution >= 0.6 is 0 Å². The van der Waals surface area contributed by atoms with Crippen molar-refractivity contribution >= 4 is 12.1 Å². The number of ether oxygens (including phenoxy) is 2. The zero-order valence-electron chi connectivity index (χ0n) is 13.1. The van der Waals surface area contributed by atoms with Gasteiger partial charge in [-0.2, -0.15) is 0 Å². The number of carbonyl (C=O) groups is 2. The number of carbonyl (C=O) groups excluding carboxylic acids is 2. The van der Waals surface area contributed by atoms with E-state index < -0.39 is 11.6 Å². The first-order chi connectivity index (χ1) is 9.73. The number of hydrogen-bond acceptors (Lipinski definition) is 5. The molecule has 0 bridgehead atoms. The fourth-order valence-corrected chi connectivity index (χ4v) is 2.28. The van der Waals surface area contributed by atoms with E-state index in [2.05, 4.69) is 4.98 Å². The van der Waals surface area contributed by atoms with Crippen LogP contribution in [-0.2, 0) is 29.5 Å². The van der Waals surface area contributed by atoms with Crippen molar-refractivity contribution in [3.05, 3.63) is 17.2 Å². The molecule has 0 aromatic carbocycles. The number of imidazole rings is 1. The third-order valence-corrected chi connectivity index (χ3v) is 3.28. The largest absolute Gasteiger partial charge is 0.463 e. The second-order valence-electron chi connectivity index (χ2n) is 6.03. The molecule has 21 heavy (non-hydrogen) atoms. The summed E-state index contributed by atoms with van der Waals surface area (Å²) in [6, 6.07) is 0. The van der Waals surface area contributed by atoms with E-state index in [-0.39, 0.29) is 11.9 Å². The number of amides is 1. The summed E-state index contributed by atoms with van der Waals surface area (Å²) in [5, 5.41) is 0. The Bertz CT molecular complexity index is 572. The van der Waals surface area contributed by atoms with Gasteiger partial charge in [-0.3, -0.25) is 0 Å². The molecule has 0 saturated carbocycles. The molecular formula is C14H21N3O4. The summed E-state index contributed by atoms with van der Waals surface area (Å²) < 4.78 is 11.8. The number of aromatic nitrogens is 2. The SMILES string of the molecule is COC(=O)c1nc2c(n1C)CCN(C(=O)OC(C)(C)C)C2. The van der Waals surface area contributed by atoms with Crippen LogP contribution in [0.15, 0.2) is 0 Å². The number of hydrogen-bond donors (Lipinski definition) is 0. The Balaban J connectivity index is 2.18. The number of fused-ring (bicyclic) bond motifs is 1. The highest BCUT2D eigenvalue weighted by Crippen LogP contribution is 2.21.